The van der Waals surface area contributed by atoms with Crippen molar-refractivity contribution >= 4 is 11.6 Å². The van der Waals surface area contributed by atoms with E-state index in [0.29, 0.717) is 11.6 Å². The van der Waals surface area contributed by atoms with E-state index in [-0.39, 0.29) is 11.7 Å². The maximum atomic E-state index is 13.1. The zero-order valence-electron chi connectivity index (χ0n) is 13.4. The first-order chi connectivity index (χ1) is 11.6. The molecular weight excluding hydrogens is 305 g/mol. The van der Waals surface area contributed by atoms with E-state index in [1.165, 1.54) is 12.1 Å². The van der Waals surface area contributed by atoms with E-state index < -0.39 is 0 Å². The Hall–Kier alpha value is -2.69. The first-order valence-corrected chi connectivity index (χ1v) is 8.17. The van der Waals surface area contributed by atoms with Crippen LogP contribution in [-0.2, 0) is 0 Å². The van der Waals surface area contributed by atoms with Gasteiger partial charge in [-0.1, -0.05) is 0 Å². The van der Waals surface area contributed by atoms with E-state index in [0.717, 1.165) is 36.3 Å². The molecule has 1 saturated heterocycles. The number of imidazole rings is 1. The molecule has 0 aliphatic carbocycles. The van der Waals surface area contributed by atoms with Crippen molar-refractivity contribution in [2.24, 2.45) is 0 Å². The van der Waals surface area contributed by atoms with Crippen LogP contribution in [0, 0.1) is 5.82 Å². The Morgan fingerprint density at radius 3 is 2.67 bits per heavy atom. The largest absolute Gasteiger partial charge is 0.336 e. The highest BCUT2D eigenvalue weighted by Gasteiger charge is 2.26. The second kappa shape index (κ2) is 5.74. The highest BCUT2D eigenvalue weighted by atomic mass is 19.1. The Labute approximate surface area is 139 Å². The summed E-state index contributed by atoms with van der Waals surface area (Å²) >= 11 is 0. The molecule has 4 nitrogen and oxygen atoms in total. The molecule has 3 aromatic rings. The Morgan fingerprint density at radius 2 is 1.96 bits per heavy atom. The van der Waals surface area contributed by atoms with Crippen molar-refractivity contribution in [3.05, 3.63) is 60.2 Å². The summed E-state index contributed by atoms with van der Waals surface area (Å²) in [4.78, 5) is 19.1. The van der Waals surface area contributed by atoms with E-state index in [1.54, 1.807) is 12.1 Å². The summed E-state index contributed by atoms with van der Waals surface area (Å²) in [6.07, 6.45) is 5.82. The first-order valence-electron chi connectivity index (χ1n) is 8.17. The van der Waals surface area contributed by atoms with Crippen molar-refractivity contribution in [1.82, 2.24) is 14.3 Å². The number of carbonyl (C=O) groups excluding carboxylic acids is 1. The molecule has 0 N–H and O–H groups in total. The van der Waals surface area contributed by atoms with E-state index in [4.69, 9.17) is 0 Å². The minimum Gasteiger partial charge on any atom is -0.336 e. The van der Waals surface area contributed by atoms with Crippen LogP contribution in [0.4, 0.5) is 4.39 Å². The number of amides is 1. The second-order valence-electron chi connectivity index (χ2n) is 6.31. The van der Waals surface area contributed by atoms with Gasteiger partial charge in [-0.2, -0.15) is 0 Å². The fourth-order valence-corrected chi connectivity index (χ4v) is 3.28. The topological polar surface area (TPSA) is 37.6 Å². The zero-order chi connectivity index (χ0) is 16.7. The Bertz CT molecular complexity index is 901. The number of nitrogens with zero attached hydrogens (tertiary/aromatic N) is 3. The van der Waals surface area contributed by atoms with Gasteiger partial charge in [0.2, 0.25) is 0 Å². The number of hydrogen-bond donors (Lipinski definition) is 0. The molecule has 0 bridgehead atoms. The standard InChI is InChI=1S/C19H18FN3O/c1-13-3-2-10-23(13)19(24)15-6-9-18-21-17(12-22(18)11-15)14-4-7-16(20)8-5-14/h4-9,11-13H,2-3,10H2,1H3/t13-/m1/s1. The molecule has 122 valence electrons. The van der Waals surface area contributed by atoms with E-state index in [1.807, 2.05) is 33.8 Å². The summed E-state index contributed by atoms with van der Waals surface area (Å²) < 4.78 is 14.9. The minimum absolute atomic E-state index is 0.0685. The number of rotatable bonds is 2. The summed E-state index contributed by atoms with van der Waals surface area (Å²) in [6.45, 7) is 2.91. The van der Waals surface area contributed by atoms with Crippen LogP contribution in [0.3, 0.4) is 0 Å². The molecule has 0 radical (unpaired) electrons. The van der Waals surface area contributed by atoms with Gasteiger partial charge in [-0.15, -0.1) is 0 Å². The van der Waals surface area contributed by atoms with Crippen molar-refractivity contribution in [1.29, 1.82) is 0 Å². The lowest BCUT2D eigenvalue weighted by molar-refractivity contribution is 0.0747. The van der Waals surface area contributed by atoms with Crippen LogP contribution in [0.2, 0.25) is 0 Å². The smallest absolute Gasteiger partial charge is 0.255 e. The molecule has 5 heteroatoms. The van der Waals surface area contributed by atoms with Gasteiger partial charge in [0, 0.05) is 30.5 Å². The van der Waals surface area contributed by atoms with Gasteiger partial charge in [0.1, 0.15) is 11.5 Å². The third kappa shape index (κ3) is 2.56. The van der Waals surface area contributed by atoms with Crippen LogP contribution >= 0.6 is 0 Å². The maximum Gasteiger partial charge on any atom is 0.255 e. The monoisotopic (exact) mass is 323 g/mol. The molecule has 1 fully saturated rings. The molecule has 1 aromatic carbocycles. The van der Waals surface area contributed by atoms with Gasteiger partial charge in [-0.25, -0.2) is 9.37 Å². The Morgan fingerprint density at radius 1 is 1.17 bits per heavy atom. The number of pyridine rings is 1. The molecule has 1 aliphatic heterocycles. The first kappa shape index (κ1) is 14.9. The average molecular weight is 323 g/mol. The predicted molar refractivity (Wildman–Crippen MR) is 90.3 cm³/mol. The molecule has 0 unspecified atom stereocenters. The van der Waals surface area contributed by atoms with Gasteiger partial charge in [0.15, 0.2) is 0 Å². The number of benzene rings is 1. The number of hydrogen-bond acceptors (Lipinski definition) is 2. The highest BCUT2D eigenvalue weighted by Crippen LogP contribution is 2.22. The van der Waals surface area contributed by atoms with Crippen LogP contribution in [0.5, 0.6) is 0 Å². The number of halogens is 1. The third-order valence-corrected chi connectivity index (χ3v) is 4.65. The molecule has 0 spiro atoms. The molecule has 1 atom stereocenters. The van der Waals surface area contributed by atoms with Gasteiger partial charge in [-0.3, -0.25) is 4.79 Å². The van der Waals surface area contributed by atoms with E-state index >= 15 is 0 Å². The van der Waals surface area contributed by atoms with Crippen molar-refractivity contribution in [3.63, 3.8) is 0 Å². The lowest BCUT2D eigenvalue weighted by Crippen LogP contribution is -2.33. The molecular formula is C19H18FN3O. The van der Waals surface area contributed by atoms with Crippen LogP contribution in [0.15, 0.2) is 48.8 Å². The number of carbonyl (C=O) groups is 1. The van der Waals surface area contributed by atoms with Gasteiger partial charge < -0.3 is 9.30 Å². The van der Waals surface area contributed by atoms with E-state index in [2.05, 4.69) is 11.9 Å². The molecule has 3 heterocycles. The summed E-state index contributed by atoms with van der Waals surface area (Å²) in [5.41, 5.74) is 3.04. The fraction of sp³-hybridized carbons (Fsp3) is 0.263. The number of fused-ring (bicyclic) bond motifs is 1. The van der Waals surface area contributed by atoms with Gasteiger partial charge in [0.25, 0.3) is 5.91 Å². The second-order valence-corrected chi connectivity index (χ2v) is 6.31. The molecule has 0 saturated carbocycles. The number of aromatic nitrogens is 2. The van der Waals surface area contributed by atoms with E-state index in [9.17, 15) is 9.18 Å². The molecule has 4 rings (SSSR count). The van der Waals surface area contributed by atoms with Crippen molar-refractivity contribution in [3.8, 4) is 11.3 Å². The molecule has 24 heavy (non-hydrogen) atoms. The summed E-state index contributed by atoms with van der Waals surface area (Å²) in [5, 5.41) is 0. The highest BCUT2D eigenvalue weighted by molar-refractivity contribution is 5.94. The van der Waals surface area contributed by atoms with Crippen LogP contribution < -0.4 is 0 Å². The van der Waals surface area contributed by atoms with Crippen molar-refractivity contribution < 1.29 is 9.18 Å². The quantitative estimate of drug-likeness (QED) is 0.720. The van der Waals surface area contributed by atoms with Gasteiger partial charge in [-0.05, 0) is 56.2 Å². The number of likely N-dealkylation sites (tertiary alicyclic amines) is 1. The van der Waals surface area contributed by atoms with Gasteiger partial charge >= 0.3 is 0 Å². The van der Waals surface area contributed by atoms with Crippen molar-refractivity contribution in [2.75, 3.05) is 6.54 Å². The Balaban J connectivity index is 1.68. The summed E-state index contributed by atoms with van der Waals surface area (Å²) in [5.74, 6) is -0.200. The van der Waals surface area contributed by atoms with Crippen molar-refractivity contribution in [2.45, 2.75) is 25.8 Å². The van der Waals surface area contributed by atoms with Gasteiger partial charge in [0.05, 0.1) is 11.3 Å². The SMILES string of the molecule is C[C@@H]1CCCN1C(=O)c1ccc2nc(-c3ccc(F)cc3)cn2c1. The lowest BCUT2D eigenvalue weighted by Gasteiger charge is -2.21. The van der Waals surface area contributed by atoms with Crippen LogP contribution in [0.25, 0.3) is 16.9 Å². The van der Waals surface area contributed by atoms with Crippen LogP contribution in [0.1, 0.15) is 30.1 Å². The lowest BCUT2D eigenvalue weighted by atomic mass is 10.2. The average Bonchev–Trinajstić information content (AvgIpc) is 3.20. The Kier molecular flexibility index (Phi) is 3.56. The molecule has 2 aromatic heterocycles. The third-order valence-electron chi connectivity index (χ3n) is 4.65. The molecule has 1 aliphatic rings. The zero-order valence-corrected chi connectivity index (χ0v) is 13.4. The maximum absolute atomic E-state index is 13.1. The fourth-order valence-electron chi connectivity index (χ4n) is 3.28. The normalized spacial score (nSPS) is 17.6. The minimum atomic E-state index is -0.268. The summed E-state index contributed by atoms with van der Waals surface area (Å²) in [7, 11) is 0. The summed E-state index contributed by atoms with van der Waals surface area (Å²) in [6, 6.07) is 10.2. The molecule has 1 amide bonds. The predicted octanol–water partition coefficient (Wildman–Crippen LogP) is 3.76. The van der Waals surface area contributed by atoms with Crippen LogP contribution in [-0.4, -0.2) is 32.8 Å².